The molecule has 1 saturated heterocycles. The molecule has 24 heavy (non-hydrogen) atoms. The van der Waals surface area contributed by atoms with Gasteiger partial charge in [-0.15, -0.1) is 0 Å². The number of aromatic carboxylic acids is 1. The van der Waals surface area contributed by atoms with Crippen LogP contribution in [0.25, 0.3) is 0 Å². The molecule has 2 aromatic carbocycles. The number of hydrogen-bond donors (Lipinski definition) is 2. The molecule has 0 saturated carbocycles. The van der Waals surface area contributed by atoms with E-state index in [2.05, 4.69) is 10.2 Å². The summed E-state index contributed by atoms with van der Waals surface area (Å²) in [6, 6.07) is 11.9. The lowest BCUT2D eigenvalue weighted by atomic mass is 10.1. The Hall–Kier alpha value is -2.56. The van der Waals surface area contributed by atoms with Gasteiger partial charge in [-0.25, -0.2) is 9.18 Å². The number of carboxylic acid groups (broad SMARTS) is 1. The molecule has 126 valence electrons. The molecule has 2 aromatic rings. The molecule has 1 aliphatic heterocycles. The van der Waals surface area contributed by atoms with Crippen LogP contribution in [-0.2, 0) is 6.54 Å². The number of nitrogens with zero attached hydrogens (tertiary/aromatic N) is 1. The SMILES string of the molecule is O=C(O)c1ccccc1CNc1ccc(N2CCCCC2)c(F)c1. The van der Waals surface area contributed by atoms with Gasteiger partial charge in [-0.05, 0) is 49.1 Å². The van der Waals surface area contributed by atoms with Gasteiger partial charge in [0, 0.05) is 25.3 Å². The third-order valence-corrected chi connectivity index (χ3v) is 4.38. The Kier molecular flexibility index (Phi) is 4.99. The fourth-order valence-electron chi connectivity index (χ4n) is 3.09. The van der Waals surface area contributed by atoms with E-state index < -0.39 is 5.97 Å². The molecule has 0 radical (unpaired) electrons. The minimum Gasteiger partial charge on any atom is -0.478 e. The van der Waals surface area contributed by atoms with Crippen LogP contribution in [0.1, 0.15) is 35.2 Å². The van der Waals surface area contributed by atoms with E-state index in [1.54, 1.807) is 30.3 Å². The maximum atomic E-state index is 14.4. The molecule has 0 amide bonds. The fraction of sp³-hybridized carbons (Fsp3) is 0.316. The van der Waals surface area contributed by atoms with Crippen molar-refractivity contribution >= 4 is 17.3 Å². The van der Waals surface area contributed by atoms with E-state index in [0.717, 1.165) is 25.9 Å². The van der Waals surface area contributed by atoms with E-state index in [1.807, 2.05) is 6.07 Å². The van der Waals surface area contributed by atoms with Crippen LogP contribution in [0.15, 0.2) is 42.5 Å². The molecule has 3 rings (SSSR count). The van der Waals surface area contributed by atoms with Crippen molar-refractivity contribution in [1.29, 1.82) is 0 Å². The van der Waals surface area contributed by atoms with Crippen LogP contribution in [0.3, 0.4) is 0 Å². The third kappa shape index (κ3) is 3.67. The van der Waals surface area contributed by atoms with Crippen LogP contribution in [0, 0.1) is 5.82 Å². The first-order valence-electron chi connectivity index (χ1n) is 8.25. The van der Waals surface area contributed by atoms with E-state index in [-0.39, 0.29) is 11.4 Å². The number of carboxylic acids is 1. The van der Waals surface area contributed by atoms with Gasteiger partial charge in [-0.2, -0.15) is 0 Å². The lowest BCUT2D eigenvalue weighted by molar-refractivity contribution is 0.0696. The highest BCUT2D eigenvalue weighted by Gasteiger charge is 2.15. The summed E-state index contributed by atoms with van der Waals surface area (Å²) < 4.78 is 14.4. The highest BCUT2D eigenvalue weighted by molar-refractivity contribution is 5.89. The largest absolute Gasteiger partial charge is 0.478 e. The summed E-state index contributed by atoms with van der Waals surface area (Å²) >= 11 is 0. The highest BCUT2D eigenvalue weighted by Crippen LogP contribution is 2.26. The van der Waals surface area contributed by atoms with Crippen LogP contribution >= 0.6 is 0 Å². The van der Waals surface area contributed by atoms with Crippen LogP contribution in [0.5, 0.6) is 0 Å². The standard InChI is InChI=1S/C19H21FN2O2/c20-17-12-15(8-9-18(17)22-10-4-1-5-11-22)21-13-14-6-2-3-7-16(14)19(23)24/h2-3,6-9,12,21H,1,4-5,10-11,13H2,(H,23,24). The average molecular weight is 328 g/mol. The van der Waals surface area contributed by atoms with E-state index >= 15 is 0 Å². The van der Waals surface area contributed by atoms with Crippen molar-refractivity contribution in [2.45, 2.75) is 25.8 Å². The lowest BCUT2D eigenvalue weighted by Gasteiger charge is -2.29. The summed E-state index contributed by atoms with van der Waals surface area (Å²) in [7, 11) is 0. The topological polar surface area (TPSA) is 52.6 Å². The number of nitrogens with one attached hydrogen (secondary N) is 1. The second-order valence-electron chi connectivity index (χ2n) is 6.03. The smallest absolute Gasteiger partial charge is 0.336 e. The minimum atomic E-state index is -0.959. The number of carbonyl (C=O) groups is 1. The van der Waals surface area contributed by atoms with E-state index in [0.29, 0.717) is 23.5 Å². The minimum absolute atomic E-state index is 0.242. The molecule has 5 heteroatoms. The first-order chi connectivity index (χ1) is 11.6. The summed E-state index contributed by atoms with van der Waals surface area (Å²) in [5.41, 5.74) is 2.22. The summed E-state index contributed by atoms with van der Waals surface area (Å²) in [6.45, 7) is 2.14. The van der Waals surface area contributed by atoms with Crippen molar-refractivity contribution in [2.24, 2.45) is 0 Å². The molecule has 0 aliphatic carbocycles. The maximum Gasteiger partial charge on any atom is 0.336 e. The molecule has 1 fully saturated rings. The molecular weight excluding hydrogens is 307 g/mol. The number of hydrogen-bond acceptors (Lipinski definition) is 3. The predicted molar refractivity (Wildman–Crippen MR) is 93.2 cm³/mol. The van der Waals surface area contributed by atoms with Crippen molar-refractivity contribution in [3.05, 3.63) is 59.4 Å². The molecule has 0 bridgehead atoms. The van der Waals surface area contributed by atoms with Gasteiger partial charge < -0.3 is 15.3 Å². The maximum absolute atomic E-state index is 14.4. The third-order valence-electron chi connectivity index (χ3n) is 4.38. The molecule has 0 aromatic heterocycles. The summed E-state index contributed by atoms with van der Waals surface area (Å²) in [6.07, 6.45) is 3.41. The van der Waals surface area contributed by atoms with Gasteiger partial charge in [0.05, 0.1) is 11.3 Å². The number of rotatable bonds is 5. The summed E-state index contributed by atoms with van der Waals surface area (Å²) in [5.74, 6) is -1.20. The predicted octanol–water partition coefficient (Wildman–Crippen LogP) is 4.13. The summed E-state index contributed by atoms with van der Waals surface area (Å²) in [4.78, 5) is 13.3. The van der Waals surface area contributed by atoms with Gasteiger partial charge in [0.15, 0.2) is 0 Å². The Morgan fingerprint density at radius 2 is 1.88 bits per heavy atom. The zero-order valence-corrected chi connectivity index (χ0v) is 13.5. The first kappa shape index (κ1) is 16.3. The van der Waals surface area contributed by atoms with Crippen LogP contribution in [0.4, 0.5) is 15.8 Å². The zero-order valence-electron chi connectivity index (χ0n) is 13.5. The average Bonchev–Trinajstić information content (AvgIpc) is 2.61. The number of benzene rings is 2. The van der Waals surface area contributed by atoms with Crippen molar-refractivity contribution in [3.63, 3.8) is 0 Å². The van der Waals surface area contributed by atoms with Gasteiger partial charge in [0.2, 0.25) is 0 Å². The van der Waals surface area contributed by atoms with Crippen molar-refractivity contribution in [3.8, 4) is 0 Å². The van der Waals surface area contributed by atoms with Gasteiger partial charge in [-0.1, -0.05) is 18.2 Å². The van der Waals surface area contributed by atoms with Crippen molar-refractivity contribution in [2.75, 3.05) is 23.3 Å². The molecule has 2 N–H and O–H groups in total. The fourth-order valence-corrected chi connectivity index (χ4v) is 3.09. The Morgan fingerprint density at radius 1 is 1.12 bits per heavy atom. The van der Waals surface area contributed by atoms with E-state index in [4.69, 9.17) is 0 Å². The summed E-state index contributed by atoms with van der Waals surface area (Å²) in [5, 5.41) is 12.3. The molecule has 0 unspecified atom stereocenters. The van der Waals surface area contributed by atoms with Crippen LogP contribution in [-0.4, -0.2) is 24.2 Å². The van der Waals surface area contributed by atoms with Gasteiger partial charge in [0.1, 0.15) is 5.82 Å². The Labute approximate surface area is 140 Å². The van der Waals surface area contributed by atoms with Crippen molar-refractivity contribution < 1.29 is 14.3 Å². The molecule has 4 nitrogen and oxygen atoms in total. The Morgan fingerprint density at radius 3 is 2.58 bits per heavy atom. The van der Waals surface area contributed by atoms with Gasteiger partial charge in [-0.3, -0.25) is 0 Å². The second-order valence-corrected chi connectivity index (χ2v) is 6.03. The van der Waals surface area contributed by atoms with E-state index in [1.165, 1.54) is 12.5 Å². The zero-order chi connectivity index (χ0) is 16.9. The number of piperidine rings is 1. The second kappa shape index (κ2) is 7.34. The molecule has 0 spiro atoms. The molecular formula is C19H21FN2O2. The van der Waals surface area contributed by atoms with Crippen LogP contribution < -0.4 is 10.2 Å². The van der Waals surface area contributed by atoms with E-state index in [9.17, 15) is 14.3 Å². The molecule has 1 heterocycles. The Bertz CT molecular complexity index is 727. The number of anilines is 2. The highest BCUT2D eigenvalue weighted by atomic mass is 19.1. The monoisotopic (exact) mass is 328 g/mol. The van der Waals surface area contributed by atoms with Gasteiger partial charge in [0.25, 0.3) is 0 Å². The molecule has 1 aliphatic rings. The first-order valence-corrected chi connectivity index (χ1v) is 8.25. The molecule has 0 atom stereocenters. The normalized spacial score (nSPS) is 14.5. The van der Waals surface area contributed by atoms with Crippen molar-refractivity contribution in [1.82, 2.24) is 0 Å². The van der Waals surface area contributed by atoms with Gasteiger partial charge >= 0.3 is 5.97 Å². The number of halogens is 1. The Balaban J connectivity index is 1.70. The lowest BCUT2D eigenvalue weighted by Crippen LogP contribution is -2.30. The van der Waals surface area contributed by atoms with Crippen LogP contribution in [0.2, 0.25) is 0 Å². The quantitative estimate of drug-likeness (QED) is 0.867.